The van der Waals surface area contributed by atoms with Gasteiger partial charge in [0.2, 0.25) is 0 Å². The molecule has 0 aliphatic heterocycles. The number of benzene rings is 2. The van der Waals surface area contributed by atoms with Crippen molar-refractivity contribution in [2.24, 2.45) is 0 Å². The van der Waals surface area contributed by atoms with Crippen molar-refractivity contribution < 1.29 is 18.0 Å². The Morgan fingerprint density at radius 2 is 1.88 bits per heavy atom. The van der Waals surface area contributed by atoms with Crippen LogP contribution in [0.2, 0.25) is 5.02 Å². The summed E-state index contributed by atoms with van der Waals surface area (Å²) >= 11 is 6.22. The molecule has 3 aromatic rings. The molecule has 0 spiro atoms. The van der Waals surface area contributed by atoms with Crippen molar-refractivity contribution in [3.63, 3.8) is 0 Å². The lowest BCUT2D eigenvalue weighted by molar-refractivity contribution is 0.281. The van der Waals surface area contributed by atoms with E-state index in [1.54, 1.807) is 6.07 Å². The Bertz CT molecular complexity index is 981. The van der Waals surface area contributed by atoms with Gasteiger partial charge in [0, 0.05) is 17.4 Å². The molecule has 2 aromatic carbocycles. The van der Waals surface area contributed by atoms with Gasteiger partial charge in [-0.3, -0.25) is 0 Å². The summed E-state index contributed by atoms with van der Waals surface area (Å²) in [4.78, 5) is 0.115. The van der Waals surface area contributed by atoms with Gasteiger partial charge in [0.1, 0.15) is 5.69 Å². The predicted octanol–water partition coefficient (Wildman–Crippen LogP) is 3.56. The third-order valence-corrected chi connectivity index (χ3v) is 5.03. The standard InChI is InChI=1S/C17H14ClNO4S/c1-24(21,22)12-7-8-13(15(18)9-12)17-14(10-20)16(19-23-17)11-5-3-2-4-6-11/h2-9,20H,10H2,1H3. The Morgan fingerprint density at radius 1 is 1.17 bits per heavy atom. The summed E-state index contributed by atoms with van der Waals surface area (Å²) in [5.41, 5.74) is 2.30. The van der Waals surface area contributed by atoms with Gasteiger partial charge in [0.05, 0.1) is 22.1 Å². The molecule has 24 heavy (non-hydrogen) atoms. The van der Waals surface area contributed by atoms with E-state index in [1.807, 2.05) is 30.3 Å². The lowest BCUT2D eigenvalue weighted by Gasteiger charge is -2.05. The van der Waals surface area contributed by atoms with E-state index < -0.39 is 9.84 Å². The molecular formula is C17H14ClNO4S. The second-order valence-electron chi connectivity index (χ2n) is 5.28. The minimum Gasteiger partial charge on any atom is -0.391 e. The van der Waals surface area contributed by atoms with Crippen LogP contribution in [0.25, 0.3) is 22.6 Å². The van der Waals surface area contributed by atoms with Crippen LogP contribution >= 0.6 is 11.6 Å². The summed E-state index contributed by atoms with van der Waals surface area (Å²) in [5, 5.41) is 14.0. The third-order valence-electron chi connectivity index (χ3n) is 3.61. The first-order valence-electron chi connectivity index (χ1n) is 7.06. The van der Waals surface area contributed by atoms with Crippen LogP contribution < -0.4 is 0 Å². The Balaban J connectivity index is 2.13. The normalized spacial score (nSPS) is 11.6. The molecule has 0 amide bonds. The van der Waals surface area contributed by atoms with Gasteiger partial charge in [-0.25, -0.2) is 8.42 Å². The van der Waals surface area contributed by atoms with E-state index in [9.17, 15) is 13.5 Å². The summed E-state index contributed by atoms with van der Waals surface area (Å²) in [5.74, 6) is 0.321. The highest BCUT2D eigenvalue weighted by atomic mass is 35.5. The molecule has 0 fully saturated rings. The molecule has 7 heteroatoms. The highest BCUT2D eigenvalue weighted by Gasteiger charge is 2.21. The molecule has 1 aromatic heterocycles. The molecule has 5 nitrogen and oxygen atoms in total. The highest BCUT2D eigenvalue weighted by Crippen LogP contribution is 2.36. The molecule has 0 atom stereocenters. The maximum Gasteiger partial charge on any atom is 0.175 e. The first kappa shape index (κ1) is 16.7. The fourth-order valence-corrected chi connectivity index (χ4v) is 3.38. The zero-order chi connectivity index (χ0) is 17.3. The molecule has 1 heterocycles. The van der Waals surface area contributed by atoms with E-state index in [4.69, 9.17) is 16.1 Å². The van der Waals surface area contributed by atoms with E-state index in [0.717, 1.165) is 11.8 Å². The summed E-state index contributed by atoms with van der Waals surface area (Å²) < 4.78 is 28.6. The average molecular weight is 364 g/mol. The zero-order valence-corrected chi connectivity index (χ0v) is 14.3. The Hall–Kier alpha value is -2.15. The van der Waals surface area contributed by atoms with Crippen LogP contribution in [0.4, 0.5) is 0 Å². The summed E-state index contributed by atoms with van der Waals surface area (Å²) in [7, 11) is -3.36. The molecule has 0 saturated carbocycles. The molecule has 1 N–H and O–H groups in total. The van der Waals surface area contributed by atoms with Gasteiger partial charge in [-0.1, -0.05) is 47.1 Å². The van der Waals surface area contributed by atoms with Crippen LogP contribution in [0.15, 0.2) is 57.9 Å². The monoisotopic (exact) mass is 363 g/mol. The van der Waals surface area contributed by atoms with E-state index >= 15 is 0 Å². The maximum absolute atomic E-state index is 11.6. The van der Waals surface area contributed by atoms with Crippen molar-refractivity contribution in [2.75, 3.05) is 6.26 Å². The molecule has 124 valence electrons. The Morgan fingerprint density at radius 3 is 2.46 bits per heavy atom. The smallest absolute Gasteiger partial charge is 0.175 e. The second-order valence-corrected chi connectivity index (χ2v) is 7.70. The highest BCUT2D eigenvalue weighted by molar-refractivity contribution is 7.90. The number of hydrogen-bond donors (Lipinski definition) is 1. The lowest BCUT2D eigenvalue weighted by Crippen LogP contribution is -1.97. The predicted molar refractivity (Wildman–Crippen MR) is 91.4 cm³/mol. The fourth-order valence-electron chi connectivity index (χ4n) is 2.40. The minimum atomic E-state index is -3.36. The zero-order valence-electron chi connectivity index (χ0n) is 12.7. The first-order chi connectivity index (χ1) is 11.4. The van der Waals surface area contributed by atoms with Crippen molar-refractivity contribution in [3.8, 4) is 22.6 Å². The first-order valence-corrected chi connectivity index (χ1v) is 9.33. The number of halogens is 1. The van der Waals surface area contributed by atoms with Crippen LogP contribution in [0.1, 0.15) is 5.56 Å². The number of nitrogens with zero attached hydrogens (tertiary/aromatic N) is 1. The average Bonchev–Trinajstić information content (AvgIpc) is 2.98. The van der Waals surface area contributed by atoms with Crippen molar-refractivity contribution in [1.82, 2.24) is 5.16 Å². The van der Waals surface area contributed by atoms with Crippen molar-refractivity contribution in [3.05, 3.63) is 59.1 Å². The van der Waals surface area contributed by atoms with Crippen LogP contribution in [0.5, 0.6) is 0 Å². The van der Waals surface area contributed by atoms with Crippen LogP contribution in [0.3, 0.4) is 0 Å². The molecule has 0 unspecified atom stereocenters. The Kier molecular flexibility index (Phi) is 4.45. The van der Waals surface area contributed by atoms with E-state index in [2.05, 4.69) is 5.16 Å². The van der Waals surface area contributed by atoms with Gasteiger partial charge in [0.15, 0.2) is 15.6 Å². The van der Waals surface area contributed by atoms with Gasteiger partial charge in [-0.2, -0.15) is 0 Å². The molecule has 0 aliphatic rings. The van der Waals surface area contributed by atoms with Gasteiger partial charge >= 0.3 is 0 Å². The van der Waals surface area contributed by atoms with E-state index in [0.29, 0.717) is 22.6 Å². The molecule has 0 aliphatic carbocycles. The largest absolute Gasteiger partial charge is 0.391 e. The maximum atomic E-state index is 11.6. The molecule has 0 bridgehead atoms. The summed E-state index contributed by atoms with van der Waals surface area (Å²) in [6.07, 6.45) is 1.11. The van der Waals surface area contributed by atoms with Crippen molar-refractivity contribution >= 4 is 21.4 Å². The van der Waals surface area contributed by atoms with Crippen LogP contribution in [0, 0.1) is 0 Å². The minimum absolute atomic E-state index is 0.115. The van der Waals surface area contributed by atoms with Gasteiger partial charge in [-0.15, -0.1) is 0 Å². The SMILES string of the molecule is CS(=O)(=O)c1ccc(-c2onc(-c3ccccc3)c2CO)c(Cl)c1. The number of rotatable bonds is 4. The number of aliphatic hydroxyl groups is 1. The van der Waals surface area contributed by atoms with E-state index in [-0.39, 0.29) is 16.5 Å². The van der Waals surface area contributed by atoms with Gasteiger partial charge < -0.3 is 9.63 Å². The van der Waals surface area contributed by atoms with Crippen molar-refractivity contribution in [2.45, 2.75) is 11.5 Å². The fraction of sp³-hybridized carbons (Fsp3) is 0.118. The van der Waals surface area contributed by atoms with Crippen LogP contribution in [-0.2, 0) is 16.4 Å². The molecule has 3 rings (SSSR count). The molecule has 0 saturated heterocycles. The number of aromatic nitrogens is 1. The topological polar surface area (TPSA) is 80.4 Å². The Labute approximate surface area is 144 Å². The number of aliphatic hydroxyl groups excluding tert-OH is 1. The number of hydrogen-bond acceptors (Lipinski definition) is 5. The van der Waals surface area contributed by atoms with Gasteiger partial charge in [0.25, 0.3) is 0 Å². The summed E-state index contributed by atoms with van der Waals surface area (Å²) in [6.45, 7) is -0.285. The third kappa shape index (κ3) is 3.08. The van der Waals surface area contributed by atoms with E-state index in [1.165, 1.54) is 12.1 Å². The lowest BCUT2D eigenvalue weighted by atomic mass is 10.0. The van der Waals surface area contributed by atoms with Crippen molar-refractivity contribution in [1.29, 1.82) is 0 Å². The quantitative estimate of drug-likeness (QED) is 0.766. The molecule has 0 radical (unpaired) electrons. The summed E-state index contributed by atoms with van der Waals surface area (Å²) in [6, 6.07) is 13.7. The molecular weight excluding hydrogens is 350 g/mol. The number of sulfone groups is 1. The van der Waals surface area contributed by atoms with Crippen LogP contribution in [-0.4, -0.2) is 24.9 Å². The van der Waals surface area contributed by atoms with Gasteiger partial charge in [-0.05, 0) is 18.2 Å². The second kappa shape index (κ2) is 6.39.